The molecule has 1 aliphatic heterocycles. The summed E-state index contributed by atoms with van der Waals surface area (Å²) in [5, 5.41) is 13.7. The van der Waals surface area contributed by atoms with Gasteiger partial charge in [-0.2, -0.15) is 0 Å². The molecule has 2 aromatic carbocycles. The van der Waals surface area contributed by atoms with Crippen LogP contribution in [0.3, 0.4) is 0 Å². The molecule has 7 heteroatoms. The molecular formula is C22H17N2O5-. The number of fused-ring (bicyclic) bond motifs is 1. The number of nitrogens with zero attached hydrogens (tertiary/aromatic N) is 1. The highest BCUT2D eigenvalue weighted by atomic mass is 16.4. The molecule has 1 aliphatic carbocycles. The second kappa shape index (κ2) is 7.35. The normalized spacial score (nSPS) is 20.5. The molecule has 29 heavy (non-hydrogen) atoms. The van der Waals surface area contributed by atoms with Gasteiger partial charge in [0.05, 0.1) is 29.2 Å². The van der Waals surface area contributed by atoms with Crippen molar-refractivity contribution in [1.29, 1.82) is 0 Å². The van der Waals surface area contributed by atoms with Crippen molar-refractivity contribution in [1.82, 2.24) is 0 Å². The van der Waals surface area contributed by atoms with E-state index in [4.69, 9.17) is 0 Å². The molecule has 1 fully saturated rings. The lowest BCUT2D eigenvalue weighted by atomic mass is 9.85. The van der Waals surface area contributed by atoms with Gasteiger partial charge in [0.1, 0.15) is 0 Å². The Morgan fingerprint density at radius 1 is 0.897 bits per heavy atom. The van der Waals surface area contributed by atoms with E-state index < -0.39 is 11.9 Å². The van der Waals surface area contributed by atoms with Crippen LogP contribution in [0.15, 0.2) is 60.7 Å². The molecule has 0 radical (unpaired) electrons. The molecule has 4 rings (SSSR count). The minimum atomic E-state index is -1.39. The summed E-state index contributed by atoms with van der Waals surface area (Å²) in [4.78, 5) is 50.1. The summed E-state index contributed by atoms with van der Waals surface area (Å²) in [5.74, 6) is -2.98. The van der Waals surface area contributed by atoms with E-state index in [0.29, 0.717) is 18.5 Å². The minimum Gasteiger partial charge on any atom is -0.545 e. The maximum absolute atomic E-state index is 12.6. The van der Waals surface area contributed by atoms with Crippen LogP contribution in [0, 0.1) is 11.8 Å². The number of nitrogens with one attached hydrogen (secondary N) is 1. The average Bonchev–Trinajstić information content (AvgIpc) is 2.99. The van der Waals surface area contributed by atoms with Crippen molar-refractivity contribution in [3.05, 3.63) is 71.8 Å². The summed E-state index contributed by atoms with van der Waals surface area (Å²) >= 11 is 0. The summed E-state index contributed by atoms with van der Waals surface area (Å²) in [6.45, 7) is 0. The second-order valence-corrected chi connectivity index (χ2v) is 7.00. The third kappa shape index (κ3) is 3.31. The topological polar surface area (TPSA) is 107 Å². The summed E-state index contributed by atoms with van der Waals surface area (Å²) in [6.07, 6.45) is 4.97. The Morgan fingerprint density at radius 2 is 1.48 bits per heavy atom. The van der Waals surface area contributed by atoms with Crippen molar-refractivity contribution in [3.63, 3.8) is 0 Å². The van der Waals surface area contributed by atoms with Gasteiger partial charge in [-0.3, -0.25) is 19.3 Å². The number of para-hydroxylation sites is 1. The maximum Gasteiger partial charge on any atom is 0.255 e. The molecule has 0 unspecified atom stereocenters. The second-order valence-electron chi connectivity index (χ2n) is 7.00. The number of allylic oxidation sites excluding steroid dienone is 2. The highest BCUT2D eigenvalue weighted by Gasteiger charge is 2.47. The Kier molecular flexibility index (Phi) is 4.72. The van der Waals surface area contributed by atoms with Crippen molar-refractivity contribution in [2.75, 3.05) is 10.2 Å². The molecule has 3 amide bonds. The quantitative estimate of drug-likeness (QED) is 0.633. The number of carbonyl (C=O) groups is 4. The SMILES string of the molecule is O=C(Nc1ccccc1C(=O)[O-])c1ccc(N2C(=O)[C@H]3CC=CC[C@H]3C2=O)cc1. The average molecular weight is 389 g/mol. The summed E-state index contributed by atoms with van der Waals surface area (Å²) in [6, 6.07) is 12.0. The van der Waals surface area contributed by atoms with Crippen LogP contribution in [-0.2, 0) is 9.59 Å². The van der Waals surface area contributed by atoms with Crippen LogP contribution >= 0.6 is 0 Å². The molecule has 0 saturated carbocycles. The van der Waals surface area contributed by atoms with Crippen LogP contribution in [0.1, 0.15) is 33.6 Å². The number of amides is 3. The third-order valence-corrected chi connectivity index (χ3v) is 5.29. The number of hydrogen-bond acceptors (Lipinski definition) is 5. The fraction of sp³-hybridized carbons (Fsp3) is 0.182. The molecule has 7 nitrogen and oxygen atoms in total. The maximum atomic E-state index is 12.6. The molecule has 1 N–H and O–H groups in total. The Balaban J connectivity index is 1.53. The zero-order chi connectivity index (χ0) is 20.5. The highest BCUT2D eigenvalue weighted by molar-refractivity contribution is 6.22. The standard InChI is InChI=1S/C22H18N2O5/c25-19(23-18-8-4-3-7-17(18)22(28)29)13-9-11-14(12-10-13)24-20(26)15-5-1-2-6-16(15)21(24)27/h1-4,7-12,15-16H,5-6H2,(H,23,25)(H,28,29)/p-1/t15-,16+. The molecule has 1 saturated heterocycles. The molecule has 146 valence electrons. The fourth-order valence-electron chi connectivity index (χ4n) is 3.78. The largest absolute Gasteiger partial charge is 0.545 e. The van der Waals surface area contributed by atoms with Crippen molar-refractivity contribution in [3.8, 4) is 0 Å². The van der Waals surface area contributed by atoms with E-state index in [-0.39, 0.29) is 40.5 Å². The highest BCUT2D eigenvalue weighted by Crippen LogP contribution is 2.37. The zero-order valence-electron chi connectivity index (χ0n) is 15.3. The van der Waals surface area contributed by atoms with E-state index in [1.54, 1.807) is 18.2 Å². The first-order valence-electron chi connectivity index (χ1n) is 9.22. The summed E-state index contributed by atoms with van der Waals surface area (Å²) < 4.78 is 0. The van der Waals surface area contributed by atoms with Gasteiger partial charge in [0.25, 0.3) is 5.91 Å². The monoisotopic (exact) mass is 389 g/mol. The summed E-state index contributed by atoms with van der Waals surface area (Å²) in [7, 11) is 0. The Hall–Kier alpha value is -3.74. The number of carboxylic acids is 1. The van der Waals surface area contributed by atoms with Crippen molar-refractivity contribution >= 4 is 35.1 Å². The first-order chi connectivity index (χ1) is 14.0. The number of imide groups is 1. The van der Waals surface area contributed by atoms with Crippen LogP contribution in [0.4, 0.5) is 11.4 Å². The zero-order valence-corrected chi connectivity index (χ0v) is 15.3. The first-order valence-corrected chi connectivity index (χ1v) is 9.22. The van der Waals surface area contributed by atoms with E-state index in [1.807, 2.05) is 12.2 Å². The van der Waals surface area contributed by atoms with Gasteiger partial charge < -0.3 is 15.2 Å². The predicted octanol–water partition coefficient (Wildman–Crippen LogP) is 1.76. The van der Waals surface area contributed by atoms with Crippen molar-refractivity contribution in [2.24, 2.45) is 11.8 Å². The van der Waals surface area contributed by atoms with E-state index in [1.165, 1.54) is 35.2 Å². The fourth-order valence-corrected chi connectivity index (χ4v) is 3.78. The molecule has 2 atom stereocenters. The van der Waals surface area contributed by atoms with Crippen LogP contribution in [-0.4, -0.2) is 23.7 Å². The van der Waals surface area contributed by atoms with Gasteiger partial charge in [-0.25, -0.2) is 0 Å². The molecule has 0 aromatic heterocycles. The smallest absolute Gasteiger partial charge is 0.255 e. The van der Waals surface area contributed by atoms with Gasteiger partial charge in [0.15, 0.2) is 0 Å². The van der Waals surface area contributed by atoms with E-state index in [9.17, 15) is 24.3 Å². The summed E-state index contributed by atoms with van der Waals surface area (Å²) in [5.41, 5.74) is 0.686. The van der Waals surface area contributed by atoms with Crippen LogP contribution in [0.25, 0.3) is 0 Å². The minimum absolute atomic E-state index is 0.123. The number of carbonyl (C=O) groups excluding carboxylic acids is 4. The molecule has 0 bridgehead atoms. The van der Waals surface area contributed by atoms with Gasteiger partial charge in [0.2, 0.25) is 11.8 Å². The van der Waals surface area contributed by atoms with Gasteiger partial charge in [-0.05, 0) is 43.2 Å². The lowest BCUT2D eigenvalue weighted by Gasteiger charge is -2.15. The van der Waals surface area contributed by atoms with Crippen LogP contribution in [0.5, 0.6) is 0 Å². The lowest BCUT2D eigenvalue weighted by Crippen LogP contribution is -2.30. The number of aromatic carboxylic acids is 1. The number of carboxylic acid groups (broad SMARTS) is 1. The predicted molar refractivity (Wildman–Crippen MR) is 103 cm³/mol. The van der Waals surface area contributed by atoms with E-state index >= 15 is 0 Å². The molecule has 2 aliphatic rings. The Morgan fingerprint density at radius 3 is 2.07 bits per heavy atom. The molecule has 1 heterocycles. The van der Waals surface area contributed by atoms with Gasteiger partial charge >= 0.3 is 0 Å². The molecule has 2 aromatic rings. The Bertz CT molecular complexity index is 1020. The Labute approximate surface area is 166 Å². The first kappa shape index (κ1) is 18.6. The van der Waals surface area contributed by atoms with E-state index in [0.717, 1.165) is 0 Å². The third-order valence-electron chi connectivity index (χ3n) is 5.29. The molecular weight excluding hydrogens is 372 g/mol. The number of hydrogen-bond donors (Lipinski definition) is 1. The van der Waals surface area contributed by atoms with E-state index in [2.05, 4.69) is 5.32 Å². The van der Waals surface area contributed by atoms with Gasteiger partial charge in [0, 0.05) is 11.1 Å². The van der Waals surface area contributed by atoms with Gasteiger partial charge in [-0.1, -0.05) is 30.4 Å². The van der Waals surface area contributed by atoms with Crippen molar-refractivity contribution in [2.45, 2.75) is 12.8 Å². The number of anilines is 2. The number of rotatable bonds is 4. The number of benzene rings is 2. The van der Waals surface area contributed by atoms with Crippen LogP contribution < -0.4 is 15.3 Å². The van der Waals surface area contributed by atoms with Gasteiger partial charge in [-0.15, -0.1) is 0 Å². The van der Waals surface area contributed by atoms with Crippen molar-refractivity contribution < 1.29 is 24.3 Å². The lowest BCUT2D eigenvalue weighted by molar-refractivity contribution is -0.254. The molecule has 0 spiro atoms. The van der Waals surface area contributed by atoms with Crippen LogP contribution in [0.2, 0.25) is 0 Å².